The fourth-order valence-corrected chi connectivity index (χ4v) is 4.72. The third-order valence-corrected chi connectivity index (χ3v) is 6.87. The predicted molar refractivity (Wildman–Crippen MR) is 134 cm³/mol. The molecule has 0 bridgehead atoms. The fraction of sp³-hybridized carbons (Fsp3) is 0.462. The van der Waals surface area contributed by atoms with E-state index in [2.05, 4.69) is 37.5 Å². The first kappa shape index (κ1) is 23.4. The second kappa shape index (κ2) is 10.1. The number of methoxy groups -OCH3 is 2. The van der Waals surface area contributed by atoms with Gasteiger partial charge in [-0.2, -0.15) is 5.10 Å². The molecule has 1 aromatic carbocycles. The lowest BCUT2D eigenvalue weighted by molar-refractivity contribution is 0.0515. The van der Waals surface area contributed by atoms with Crippen LogP contribution in [0.2, 0.25) is 0 Å². The van der Waals surface area contributed by atoms with Crippen molar-refractivity contribution in [3.05, 3.63) is 42.6 Å². The standard InChI is InChI=1S/C26H32N6O3/c1-26(28-20-5-4-6-20)11-12-32(16-26)24-10-9-22(29-30-24)21-8-7-18(13-23(21)35-17-33-2)19-14-25(34-3)31-27-15-19/h7-10,13-15,20,28H,4-6,11-12,16-17H2,1-3H3. The van der Waals surface area contributed by atoms with E-state index in [1.54, 1.807) is 20.4 Å². The van der Waals surface area contributed by atoms with E-state index in [4.69, 9.17) is 14.2 Å². The molecule has 9 heteroatoms. The zero-order valence-electron chi connectivity index (χ0n) is 20.5. The van der Waals surface area contributed by atoms with Crippen molar-refractivity contribution in [1.82, 2.24) is 25.7 Å². The van der Waals surface area contributed by atoms with Gasteiger partial charge in [0.1, 0.15) is 5.75 Å². The number of aromatic nitrogens is 4. The Morgan fingerprint density at radius 1 is 1.06 bits per heavy atom. The van der Waals surface area contributed by atoms with Gasteiger partial charge in [0.2, 0.25) is 5.88 Å². The van der Waals surface area contributed by atoms with Crippen LogP contribution in [0.3, 0.4) is 0 Å². The van der Waals surface area contributed by atoms with Gasteiger partial charge in [0.15, 0.2) is 12.6 Å². The lowest BCUT2D eigenvalue weighted by atomic mass is 9.89. The Labute approximate surface area is 205 Å². The summed E-state index contributed by atoms with van der Waals surface area (Å²) in [4.78, 5) is 2.32. The van der Waals surface area contributed by atoms with Crippen molar-refractivity contribution in [1.29, 1.82) is 0 Å². The van der Waals surface area contributed by atoms with Crippen molar-refractivity contribution in [3.63, 3.8) is 0 Å². The van der Waals surface area contributed by atoms with Crippen molar-refractivity contribution in [2.24, 2.45) is 0 Å². The maximum Gasteiger partial charge on any atom is 0.233 e. The van der Waals surface area contributed by atoms with Gasteiger partial charge in [-0.25, -0.2) is 0 Å². The number of nitrogens with zero attached hydrogens (tertiary/aromatic N) is 5. The fourth-order valence-electron chi connectivity index (χ4n) is 4.72. The summed E-state index contributed by atoms with van der Waals surface area (Å²) in [6.45, 7) is 4.37. The molecule has 1 saturated carbocycles. The molecule has 3 aromatic rings. The molecule has 0 spiro atoms. The highest BCUT2D eigenvalue weighted by Crippen LogP contribution is 2.35. The lowest BCUT2D eigenvalue weighted by Gasteiger charge is -2.36. The minimum atomic E-state index is 0.125. The van der Waals surface area contributed by atoms with E-state index in [1.807, 2.05) is 36.4 Å². The molecule has 1 aliphatic carbocycles. The highest BCUT2D eigenvalue weighted by molar-refractivity contribution is 5.74. The quantitative estimate of drug-likeness (QED) is 0.464. The summed E-state index contributed by atoms with van der Waals surface area (Å²) in [6, 6.07) is 12.5. The molecule has 1 N–H and O–H groups in total. The van der Waals surface area contributed by atoms with Crippen molar-refractivity contribution in [2.75, 3.05) is 39.0 Å². The minimum absolute atomic E-state index is 0.125. The average Bonchev–Trinajstić information content (AvgIpc) is 3.27. The third kappa shape index (κ3) is 5.21. The van der Waals surface area contributed by atoms with Gasteiger partial charge in [0.25, 0.3) is 0 Å². The van der Waals surface area contributed by atoms with E-state index in [-0.39, 0.29) is 12.3 Å². The van der Waals surface area contributed by atoms with E-state index < -0.39 is 0 Å². The number of benzene rings is 1. The number of hydrogen-bond donors (Lipinski definition) is 1. The topological polar surface area (TPSA) is 94.5 Å². The number of hydrogen-bond acceptors (Lipinski definition) is 9. The molecule has 0 radical (unpaired) electrons. The number of nitrogens with one attached hydrogen (secondary N) is 1. The molecule has 35 heavy (non-hydrogen) atoms. The SMILES string of the molecule is COCOc1cc(-c2cnnc(OC)c2)ccc1-c1ccc(N2CCC(C)(NC3CCC3)C2)nn1. The van der Waals surface area contributed by atoms with E-state index in [0.29, 0.717) is 17.7 Å². The number of ether oxygens (including phenoxy) is 3. The highest BCUT2D eigenvalue weighted by atomic mass is 16.7. The molecule has 2 aliphatic rings. The molecule has 5 rings (SSSR count). The molecule has 9 nitrogen and oxygen atoms in total. The largest absolute Gasteiger partial charge is 0.480 e. The molecule has 2 fully saturated rings. The number of anilines is 1. The third-order valence-electron chi connectivity index (χ3n) is 6.87. The molecule has 0 amide bonds. The first-order chi connectivity index (χ1) is 17.1. The summed E-state index contributed by atoms with van der Waals surface area (Å²) >= 11 is 0. The van der Waals surface area contributed by atoms with E-state index in [0.717, 1.165) is 47.7 Å². The maximum absolute atomic E-state index is 5.89. The van der Waals surface area contributed by atoms with E-state index in [1.165, 1.54) is 19.3 Å². The van der Waals surface area contributed by atoms with Crippen molar-refractivity contribution >= 4 is 5.82 Å². The first-order valence-corrected chi connectivity index (χ1v) is 12.1. The molecule has 1 saturated heterocycles. The van der Waals surface area contributed by atoms with Gasteiger partial charge in [0.05, 0.1) is 19.0 Å². The zero-order chi connectivity index (χ0) is 24.3. The van der Waals surface area contributed by atoms with Crippen LogP contribution in [-0.2, 0) is 4.74 Å². The smallest absolute Gasteiger partial charge is 0.233 e. The normalized spacial score (nSPS) is 20.0. The molecular weight excluding hydrogens is 444 g/mol. The van der Waals surface area contributed by atoms with Crippen LogP contribution in [0.15, 0.2) is 42.6 Å². The Morgan fingerprint density at radius 2 is 1.94 bits per heavy atom. The maximum atomic E-state index is 5.89. The summed E-state index contributed by atoms with van der Waals surface area (Å²) in [5.41, 5.74) is 3.52. The van der Waals surface area contributed by atoms with Crippen molar-refractivity contribution in [3.8, 4) is 34.0 Å². The van der Waals surface area contributed by atoms with Crippen LogP contribution in [0, 0.1) is 0 Å². The Balaban J connectivity index is 1.36. The summed E-state index contributed by atoms with van der Waals surface area (Å²) in [5.74, 6) is 2.01. The van der Waals surface area contributed by atoms with Gasteiger partial charge in [-0.1, -0.05) is 12.5 Å². The first-order valence-electron chi connectivity index (χ1n) is 12.1. The Bertz CT molecular complexity index is 1150. The second-order valence-electron chi connectivity index (χ2n) is 9.53. The summed E-state index contributed by atoms with van der Waals surface area (Å²) in [7, 11) is 3.17. The molecule has 2 aromatic heterocycles. The van der Waals surface area contributed by atoms with Gasteiger partial charge < -0.3 is 24.4 Å². The minimum Gasteiger partial charge on any atom is -0.480 e. The molecular formula is C26H32N6O3. The van der Waals surface area contributed by atoms with Crippen LogP contribution in [-0.4, -0.2) is 66.1 Å². The second-order valence-corrected chi connectivity index (χ2v) is 9.53. The molecule has 1 aliphatic heterocycles. The van der Waals surface area contributed by atoms with Crippen molar-refractivity contribution in [2.45, 2.75) is 44.2 Å². The van der Waals surface area contributed by atoms with Crippen LogP contribution in [0.5, 0.6) is 11.6 Å². The highest BCUT2D eigenvalue weighted by Gasteiger charge is 2.37. The van der Waals surface area contributed by atoms with Gasteiger partial charge >= 0.3 is 0 Å². The molecule has 3 heterocycles. The Kier molecular flexibility index (Phi) is 6.79. The van der Waals surface area contributed by atoms with Gasteiger partial charge in [-0.3, -0.25) is 0 Å². The van der Waals surface area contributed by atoms with Gasteiger partial charge in [-0.15, -0.1) is 15.3 Å². The van der Waals surface area contributed by atoms with E-state index >= 15 is 0 Å². The molecule has 184 valence electrons. The Hall–Kier alpha value is -3.30. The summed E-state index contributed by atoms with van der Waals surface area (Å²) in [5, 5.41) is 20.9. The van der Waals surface area contributed by atoms with Crippen molar-refractivity contribution < 1.29 is 14.2 Å². The predicted octanol–water partition coefficient (Wildman–Crippen LogP) is 3.70. The van der Waals surface area contributed by atoms with Gasteiger partial charge in [0, 0.05) is 49.0 Å². The number of rotatable bonds is 9. The monoisotopic (exact) mass is 476 g/mol. The molecule has 1 unspecified atom stereocenters. The van der Waals surface area contributed by atoms with Crippen LogP contribution < -0.4 is 19.7 Å². The van der Waals surface area contributed by atoms with E-state index in [9.17, 15) is 0 Å². The van der Waals surface area contributed by atoms with Crippen LogP contribution in [0.4, 0.5) is 5.82 Å². The molecule has 1 atom stereocenters. The van der Waals surface area contributed by atoms with Crippen LogP contribution in [0.25, 0.3) is 22.4 Å². The average molecular weight is 477 g/mol. The van der Waals surface area contributed by atoms with Gasteiger partial charge in [-0.05, 0) is 56.0 Å². The zero-order valence-corrected chi connectivity index (χ0v) is 20.5. The summed E-state index contributed by atoms with van der Waals surface area (Å²) in [6.07, 6.45) is 6.73. The summed E-state index contributed by atoms with van der Waals surface area (Å²) < 4.78 is 16.3. The van der Waals surface area contributed by atoms with Crippen LogP contribution in [0.1, 0.15) is 32.6 Å². The van der Waals surface area contributed by atoms with Crippen LogP contribution >= 0.6 is 0 Å². The lowest BCUT2D eigenvalue weighted by Crippen LogP contribution is -2.52. The Morgan fingerprint density at radius 3 is 2.66 bits per heavy atom.